The number of ether oxygens (including phenoxy) is 1. The van der Waals surface area contributed by atoms with E-state index < -0.39 is 5.97 Å². The fourth-order valence-corrected chi connectivity index (χ4v) is 3.53. The Morgan fingerprint density at radius 2 is 1.56 bits per heavy atom. The number of nitrogens with zero attached hydrogens (tertiary/aromatic N) is 1. The molecule has 6 nitrogen and oxygen atoms in total. The van der Waals surface area contributed by atoms with Crippen LogP contribution in [0.15, 0.2) is 53.4 Å². The van der Waals surface area contributed by atoms with E-state index in [0.29, 0.717) is 21.6 Å². The normalized spacial score (nSPS) is 12.9. The van der Waals surface area contributed by atoms with Crippen LogP contribution in [0.1, 0.15) is 38.0 Å². The van der Waals surface area contributed by atoms with Gasteiger partial charge in [-0.2, -0.15) is 0 Å². The van der Waals surface area contributed by atoms with Crippen LogP contribution in [0.25, 0.3) is 0 Å². The fourth-order valence-electron chi connectivity index (χ4n) is 2.69. The van der Waals surface area contributed by atoms with E-state index in [1.165, 1.54) is 18.7 Å². The Bertz CT molecular complexity index is 889. The molecule has 27 heavy (non-hydrogen) atoms. The van der Waals surface area contributed by atoms with Gasteiger partial charge in [-0.25, -0.2) is 4.79 Å². The molecule has 1 heterocycles. The molecule has 0 saturated carbocycles. The summed E-state index contributed by atoms with van der Waals surface area (Å²) in [6.07, 6.45) is 0. The standard InChI is InChI=1S/C20H17NO5S/c1-13(22)12-27-17-9-5-4-8-16(17)20(25)26-11-10-21-18(23)14-6-2-3-7-15(14)19(21)24/h2-9H,10-12H2,1H3. The van der Waals surface area contributed by atoms with Gasteiger partial charge in [-0.15, -0.1) is 11.8 Å². The lowest BCUT2D eigenvalue weighted by Gasteiger charge is -2.14. The Kier molecular flexibility index (Phi) is 5.71. The zero-order valence-corrected chi connectivity index (χ0v) is 15.5. The van der Waals surface area contributed by atoms with Crippen molar-refractivity contribution in [2.75, 3.05) is 18.9 Å². The van der Waals surface area contributed by atoms with Crippen molar-refractivity contribution in [3.8, 4) is 0 Å². The zero-order valence-electron chi connectivity index (χ0n) is 14.6. The van der Waals surface area contributed by atoms with E-state index in [1.54, 1.807) is 48.5 Å². The lowest BCUT2D eigenvalue weighted by molar-refractivity contribution is -0.114. The molecule has 1 aliphatic rings. The number of benzene rings is 2. The summed E-state index contributed by atoms with van der Waals surface area (Å²) in [5.74, 6) is -1.06. The average molecular weight is 383 g/mol. The molecule has 0 unspecified atom stereocenters. The van der Waals surface area contributed by atoms with Crippen molar-refractivity contribution in [2.24, 2.45) is 0 Å². The van der Waals surface area contributed by atoms with Crippen molar-refractivity contribution in [3.05, 3.63) is 65.2 Å². The van der Waals surface area contributed by atoms with Gasteiger partial charge in [-0.1, -0.05) is 24.3 Å². The molecule has 0 fully saturated rings. The molecule has 7 heteroatoms. The fraction of sp³-hybridized carbons (Fsp3) is 0.200. The molecule has 2 aromatic carbocycles. The van der Waals surface area contributed by atoms with Crippen molar-refractivity contribution in [1.82, 2.24) is 4.90 Å². The molecule has 1 aliphatic heterocycles. The number of hydrogen-bond donors (Lipinski definition) is 0. The average Bonchev–Trinajstić information content (AvgIpc) is 2.91. The Labute approximate surface area is 160 Å². The van der Waals surface area contributed by atoms with Crippen LogP contribution >= 0.6 is 11.8 Å². The molecule has 3 rings (SSSR count). The van der Waals surface area contributed by atoms with Crippen LogP contribution in [-0.2, 0) is 9.53 Å². The quantitative estimate of drug-likeness (QED) is 0.415. The highest BCUT2D eigenvalue weighted by Gasteiger charge is 2.34. The predicted octanol–water partition coefficient (Wildman–Crippen LogP) is 2.82. The maximum atomic E-state index is 12.4. The number of ketones is 1. The summed E-state index contributed by atoms with van der Waals surface area (Å²) in [5.41, 5.74) is 1.07. The Balaban J connectivity index is 1.60. The van der Waals surface area contributed by atoms with Gasteiger partial charge in [0.15, 0.2) is 0 Å². The SMILES string of the molecule is CC(=O)CSc1ccccc1C(=O)OCCN1C(=O)c2ccccc2C1=O. The number of fused-ring (bicyclic) bond motifs is 1. The topological polar surface area (TPSA) is 80.8 Å². The van der Waals surface area contributed by atoms with Crippen LogP contribution < -0.4 is 0 Å². The molecule has 0 spiro atoms. The van der Waals surface area contributed by atoms with Crippen molar-refractivity contribution < 1.29 is 23.9 Å². The van der Waals surface area contributed by atoms with E-state index in [2.05, 4.69) is 0 Å². The number of esters is 1. The van der Waals surface area contributed by atoms with E-state index in [1.807, 2.05) is 0 Å². The predicted molar refractivity (Wildman–Crippen MR) is 99.9 cm³/mol. The van der Waals surface area contributed by atoms with Crippen molar-refractivity contribution in [3.63, 3.8) is 0 Å². The Morgan fingerprint density at radius 3 is 2.19 bits per heavy atom. The van der Waals surface area contributed by atoms with Gasteiger partial charge in [0.2, 0.25) is 0 Å². The van der Waals surface area contributed by atoms with Gasteiger partial charge >= 0.3 is 5.97 Å². The first-order valence-electron chi connectivity index (χ1n) is 8.32. The maximum Gasteiger partial charge on any atom is 0.339 e. The van der Waals surface area contributed by atoms with Gasteiger partial charge in [0, 0.05) is 4.90 Å². The van der Waals surface area contributed by atoms with E-state index in [9.17, 15) is 19.2 Å². The molecule has 0 radical (unpaired) electrons. The smallest absolute Gasteiger partial charge is 0.339 e. The first kappa shape index (κ1) is 18.8. The lowest BCUT2D eigenvalue weighted by atomic mass is 10.1. The number of Topliss-reactive ketones (excluding diaryl/α,β-unsaturated/α-hetero) is 1. The van der Waals surface area contributed by atoms with Crippen molar-refractivity contribution in [2.45, 2.75) is 11.8 Å². The van der Waals surface area contributed by atoms with Crippen LogP contribution in [0.2, 0.25) is 0 Å². The third kappa shape index (κ3) is 4.09. The summed E-state index contributed by atoms with van der Waals surface area (Å²) in [6, 6.07) is 13.4. The molecule has 2 aromatic rings. The molecule has 0 atom stereocenters. The summed E-state index contributed by atoms with van der Waals surface area (Å²) >= 11 is 1.27. The van der Waals surface area contributed by atoms with Crippen molar-refractivity contribution >= 4 is 35.3 Å². The summed E-state index contributed by atoms with van der Waals surface area (Å²) < 4.78 is 5.25. The van der Waals surface area contributed by atoms with Crippen LogP contribution in [0.3, 0.4) is 0 Å². The monoisotopic (exact) mass is 383 g/mol. The largest absolute Gasteiger partial charge is 0.460 e. The maximum absolute atomic E-state index is 12.4. The third-order valence-electron chi connectivity index (χ3n) is 3.96. The molecular weight excluding hydrogens is 366 g/mol. The number of rotatable bonds is 7. The summed E-state index contributed by atoms with van der Waals surface area (Å²) in [4.78, 5) is 49.8. The van der Waals surface area contributed by atoms with Crippen LogP contribution in [0, 0.1) is 0 Å². The summed E-state index contributed by atoms with van der Waals surface area (Å²) in [6.45, 7) is 1.37. The molecule has 0 N–H and O–H groups in total. The minimum atomic E-state index is -0.557. The first-order chi connectivity index (χ1) is 13.0. The number of amides is 2. The van der Waals surface area contributed by atoms with E-state index in [4.69, 9.17) is 4.74 Å². The molecule has 0 aliphatic carbocycles. The van der Waals surface area contributed by atoms with Gasteiger partial charge in [-0.05, 0) is 31.2 Å². The van der Waals surface area contributed by atoms with Gasteiger partial charge in [0.1, 0.15) is 12.4 Å². The van der Waals surface area contributed by atoms with E-state index >= 15 is 0 Å². The number of thioether (sulfide) groups is 1. The van der Waals surface area contributed by atoms with Crippen molar-refractivity contribution in [1.29, 1.82) is 0 Å². The Hall–Kier alpha value is -2.93. The second-order valence-electron chi connectivity index (χ2n) is 5.93. The highest BCUT2D eigenvalue weighted by molar-refractivity contribution is 8.00. The minimum absolute atomic E-state index is 0.00814. The lowest BCUT2D eigenvalue weighted by Crippen LogP contribution is -2.33. The number of carbonyl (C=O) groups excluding carboxylic acids is 4. The second kappa shape index (κ2) is 8.18. The highest BCUT2D eigenvalue weighted by Crippen LogP contribution is 2.24. The van der Waals surface area contributed by atoms with Gasteiger partial charge in [0.05, 0.1) is 29.0 Å². The van der Waals surface area contributed by atoms with E-state index in [0.717, 1.165) is 4.90 Å². The summed E-state index contributed by atoms with van der Waals surface area (Å²) in [7, 11) is 0. The van der Waals surface area contributed by atoms with Gasteiger partial charge in [0.25, 0.3) is 11.8 Å². The highest BCUT2D eigenvalue weighted by atomic mass is 32.2. The minimum Gasteiger partial charge on any atom is -0.460 e. The summed E-state index contributed by atoms with van der Waals surface area (Å²) in [5, 5.41) is 0. The van der Waals surface area contributed by atoms with Crippen LogP contribution in [0.4, 0.5) is 0 Å². The number of hydrogen-bond acceptors (Lipinski definition) is 6. The van der Waals surface area contributed by atoms with Crippen LogP contribution in [0.5, 0.6) is 0 Å². The molecular formula is C20H17NO5S. The first-order valence-corrected chi connectivity index (χ1v) is 9.31. The number of carbonyl (C=O) groups is 4. The second-order valence-corrected chi connectivity index (χ2v) is 6.95. The molecule has 0 bridgehead atoms. The van der Waals surface area contributed by atoms with E-state index in [-0.39, 0.29) is 36.5 Å². The zero-order chi connectivity index (χ0) is 19.4. The van der Waals surface area contributed by atoms with Crippen LogP contribution in [-0.4, -0.2) is 47.4 Å². The molecule has 138 valence electrons. The number of imide groups is 1. The molecule has 2 amide bonds. The third-order valence-corrected chi connectivity index (χ3v) is 5.18. The Morgan fingerprint density at radius 1 is 0.963 bits per heavy atom. The molecule has 0 saturated heterocycles. The van der Waals surface area contributed by atoms with Gasteiger partial charge in [-0.3, -0.25) is 19.3 Å². The molecule has 0 aromatic heterocycles. The van der Waals surface area contributed by atoms with Gasteiger partial charge < -0.3 is 4.74 Å².